The molecule has 0 spiro atoms. The highest BCUT2D eigenvalue weighted by Gasteiger charge is 2.09. The summed E-state index contributed by atoms with van der Waals surface area (Å²) in [5.41, 5.74) is 3.87. The third-order valence-electron chi connectivity index (χ3n) is 3.47. The molecule has 0 aromatic heterocycles. The summed E-state index contributed by atoms with van der Waals surface area (Å²) in [5.74, 6) is -0.0533. The van der Waals surface area contributed by atoms with Crippen LogP contribution in [0.2, 0.25) is 10.0 Å². The van der Waals surface area contributed by atoms with Crippen molar-refractivity contribution in [2.45, 2.75) is 26.8 Å². The van der Waals surface area contributed by atoms with Gasteiger partial charge in [0.2, 0.25) is 5.91 Å². The Morgan fingerprint density at radius 1 is 1.09 bits per heavy atom. The van der Waals surface area contributed by atoms with E-state index in [4.69, 9.17) is 23.2 Å². The third-order valence-corrected chi connectivity index (χ3v) is 4.02. The molecular weight excluding hydrogens is 331 g/mol. The van der Waals surface area contributed by atoms with Crippen molar-refractivity contribution in [2.75, 3.05) is 11.9 Å². The number of carbonyl (C=O) groups excluding carboxylic acids is 1. The highest BCUT2D eigenvalue weighted by atomic mass is 35.5. The van der Waals surface area contributed by atoms with Crippen molar-refractivity contribution in [3.8, 4) is 0 Å². The molecule has 2 rings (SSSR count). The molecule has 0 saturated carbocycles. The Hall–Kier alpha value is -1.55. The van der Waals surface area contributed by atoms with Gasteiger partial charge in [-0.2, -0.15) is 0 Å². The second-order valence-electron chi connectivity index (χ2n) is 5.54. The van der Waals surface area contributed by atoms with Gasteiger partial charge in [-0.3, -0.25) is 4.79 Å². The molecule has 1 amide bonds. The molecule has 23 heavy (non-hydrogen) atoms. The average Bonchev–Trinajstić information content (AvgIpc) is 2.49. The minimum absolute atomic E-state index is 0.0533. The second kappa shape index (κ2) is 8.34. The van der Waals surface area contributed by atoms with E-state index in [0.717, 1.165) is 21.7 Å². The normalized spacial score (nSPS) is 10.6. The number of hydrogen-bond donors (Lipinski definition) is 2. The van der Waals surface area contributed by atoms with Crippen LogP contribution < -0.4 is 10.6 Å². The molecule has 0 aliphatic carbocycles. The van der Waals surface area contributed by atoms with Gasteiger partial charge in [-0.15, -0.1) is 0 Å². The van der Waals surface area contributed by atoms with E-state index >= 15 is 0 Å². The lowest BCUT2D eigenvalue weighted by atomic mass is 10.1. The van der Waals surface area contributed by atoms with Crippen LogP contribution in [-0.2, 0) is 11.3 Å². The SMILES string of the molecule is Cc1cc(C)c(NC(=O)CCNCc2ccc(Cl)cc2)c(Cl)c1. The quantitative estimate of drug-likeness (QED) is 0.739. The van der Waals surface area contributed by atoms with Gasteiger partial charge in [0, 0.05) is 24.5 Å². The van der Waals surface area contributed by atoms with Crippen LogP contribution >= 0.6 is 23.2 Å². The summed E-state index contributed by atoms with van der Waals surface area (Å²) in [7, 11) is 0. The molecule has 0 saturated heterocycles. The Bertz CT molecular complexity index is 661. The van der Waals surface area contributed by atoms with Crippen molar-refractivity contribution in [3.63, 3.8) is 0 Å². The monoisotopic (exact) mass is 350 g/mol. The summed E-state index contributed by atoms with van der Waals surface area (Å²) in [6.07, 6.45) is 0.386. The number of carbonyl (C=O) groups is 1. The van der Waals surface area contributed by atoms with E-state index in [1.165, 1.54) is 0 Å². The van der Waals surface area contributed by atoms with Gasteiger partial charge >= 0.3 is 0 Å². The van der Waals surface area contributed by atoms with Crippen LogP contribution in [0, 0.1) is 13.8 Å². The summed E-state index contributed by atoms with van der Waals surface area (Å²) in [4.78, 5) is 12.0. The van der Waals surface area contributed by atoms with Crippen LogP contribution in [0.25, 0.3) is 0 Å². The van der Waals surface area contributed by atoms with Crippen molar-refractivity contribution >= 4 is 34.8 Å². The van der Waals surface area contributed by atoms with E-state index in [9.17, 15) is 4.79 Å². The number of nitrogens with one attached hydrogen (secondary N) is 2. The number of amides is 1. The zero-order valence-corrected chi connectivity index (χ0v) is 14.8. The standard InChI is InChI=1S/C18H20Cl2N2O/c1-12-9-13(2)18(16(20)10-12)22-17(23)7-8-21-11-14-3-5-15(19)6-4-14/h3-6,9-10,21H,7-8,11H2,1-2H3,(H,22,23). The van der Waals surface area contributed by atoms with Crippen LogP contribution in [0.1, 0.15) is 23.1 Å². The van der Waals surface area contributed by atoms with Crippen molar-refractivity contribution in [3.05, 3.63) is 63.1 Å². The van der Waals surface area contributed by atoms with Crippen molar-refractivity contribution in [1.82, 2.24) is 5.32 Å². The molecule has 0 aliphatic heterocycles. The van der Waals surface area contributed by atoms with Gasteiger partial charge in [-0.05, 0) is 48.7 Å². The number of halogens is 2. The zero-order chi connectivity index (χ0) is 16.8. The van der Waals surface area contributed by atoms with Gasteiger partial charge in [0.15, 0.2) is 0 Å². The molecule has 0 aliphatic rings. The average molecular weight is 351 g/mol. The lowest BCUT2D eigenvalue weighted by molar-refractivity contribution is -0.116. The maximum absolute atomic E-state index is 12.0. The zero-order valence-electron chi connectivity index (χ0n) is 13.2. The van der Waals surface area contributed by atoms with E-state index < -0.39 is 0 Å². The van der Waals surface area contributed by atoms with Crippen molar-refractivity contribution in [2.24, 2.45) is 0 Å². The maximum Gasteiger partial charge on any atom is 0.225 e. The molecule has 0 heterocycles. The fourth-order valence-corrected chi connectivity index (χ4v) is 2.81. The fraction of sp³-hybridized carbons (Fsp3) is 0.278. The second-order valence-corrected chi connectivity index (χ2v) is 6.38. The molecule has 0 bridgehead atoms. The molecule has 0 atom stereocenters. The molecule has 2 aromatic rings. The van der Waals surface area contributed by atoms with Gasteiger partial charge in [-0.25, -0.2) is 0 Å². The number of rotatable bonds is 6. The lowest BCUT2D eigenvalue weighted by Gasteiger charge is -2.12. The van der Waals surface area contributed by atoms with E-state index in [-0.39, 0.29) is 5.91 Å². The smallest absolute Gasteiger partial charge is 0.225 e. The summed E-state index contributed by atoms with van der Waals surface area (Å²) in [6, 6.07) is 11.5. The minimum atomic E-state index is -0.0533. The maximum atomic E-state index is 12.0. The Labute approximate surface area is 147 Å². The summed E-state index contributed by atoms with van der Waals surface area (Å²) >= 11 is 12.0. The molecule has 3 nitrogen and oxygen atoms in total. The number of benzene rings is 2. The van der Waals surface area contributed by atoms with Crippen LogP contribution in [0.15, 0.2) is 36.4 Å². The Morgan fingerprint density at radius 3 is 2.43 bits per heavy atom. The Balaban J connectivity index is 1.78. The molecule has 5 heteroatoms. The van der Waals surface area contributed by atoms with Gasteiger partial charge in [0.05, 0.1) is 10.7 Å². The molecule has 0 fully saturated rings. The first-order valence-corrected chi connectivity index (χ1v) is 8.23. The Morgan fingerprint density at radius 2 is 1.78 bits per heavy atom. The first-order valence-electron chi connectivity index (χ1n) is 7.47. The first kappa shape index (κ1) is 17.8. The summed E-state index contributed by atoms with van der Waals surface area (Å²) < 4.78 is 0. The highest BCUT2D eigenvalue weighted by Crippen LogP contribution is 2.27. The van der Waals surface area contributed by atoms with Gasteiger partial charge in [-0.1, -0.05) is 41.4 Å². The van der Waals surface area contributed by atoms with E-state index in [2.05, 4.69) is 10.6 Å². The summed E-state index contributed by atoms with van der Waals surface area (Å²) in [5, 5.41) is 7.42. The summed E-state index contributed by atoms with van der Waals surface area (Å²) in [6.45, 7) is 5.21. The van der Waals surface area contributed by atoms with Crippen LogP contribution in [0.5, 0.6) is 0 Å². The van der Waals surface area contributed by atoms with Gasteiger partial charge in [0.1, 0.15) is 0 Å². The molecule has 0 unspecified atom stereocenters. The third kappa shape index (κ3) is 5.54. The van der Waals surface area contributed by atoms with Gasteiger partial charge < -0.3 is 10.6 Å². The number of anilines is 1. The molecular formula is C18H20Cl2N2O. The number of aryl methyl sites for hydroxylation is 2. The molecule has 2 N–H and O–H groups in total. The van der Waals surface area contributed by atoms with Crippen LogP contribution in [-0.4, -0.2) is 12.5 Å². The predicted octanol–water partition coefficient (Wildman–Crippen LogP) is 4.73. The lowest BCUT2D eigenvalue weighted by Crippen LogP contribution is -2.22. The molecule has 2 aromatic carbocycles. The number of hydrogen-bond acceptors (Lipinski definition) is 2. The topological polar surface area (TPSA) is 41.1 Å². The Kier molecular flexibility index (Phi) is 6.46. The minimum Gasteiger partial charge on any atom is -0.325 e. The fourth-order valence-electron chi connectivity index (χ4n) is 2.31. The van der Waals surface area contributed by atoms with E-state index in [0.29, 0.717) is 30.2 Å². The van der Waals surface area contributed by atoms with E-state index in [1.54, 1.807) is 0 Å². The largest absolute Gasteiger partial charge is 0.325 e. The van der Waals surface area contributed by atoms with Gasteiger partial charge in [0.25, 0.3) is 0 Å². The first-order chi connectivity index (χ1) is 11.0. The molecule has 0 radical (unpaired) electrons. The predicted molar refractivity (Wildman–Crippen MR) is 97.3 cm³/mol. The van der Waals surface area contributed by atoms with Crippen molar-refractivity contribution in [1.29, 1.82) is 0 Å². The van der Waals surface area contributed by atoms with Crippen LogP contribution in [0.4, 0.5) is 5.69 Å². The molecule has 122 valence electrons. The van der Waals surface area contributed by atoms with Crippen LogP contribution in [0.3, 0.4) is 0 Å². The van der Waals surface area contributed by atoms with Crippen molar-refractivity contribution < 1.29 is 4.79 Å². The van der Waals surface area contributed by atoms with E-state index in [1.807, 2.05) is 50.2 Å². The highest BCUT2D eigenvalue weighted by molar-refractivity contribution is 6.34.